The molecule has 0 amide bonds. The zero-order valence-corrected chi connectivity index (χ0v) is 17.4. The van der Waals surface area contributed by atoms with Gasteiger partial charge in [0.15, 0.2) is 17.5 Å². The van der Waals surface area contributed by atoms with Crippen molar-refractivity contribution >= 4 is 45.9 Å². The van der Waals surface area contributed by atoms with Crippen LogP contribution in [0.4, 0.5) is 4.39 Å². The van der Waals surface area contributed by atoms with Gasteiger partial charge in [0.2, 0.25) is 6.79 Å². The van der Waals surface area contributed by atoms with E-state index in [1.165, 1.54) is 12.1 Å². The van der Waals surface area contributed by atoms with Crippen molar-refractivity contribution in [1.82, 2.24) is 10.6 Å². The summed E-state index contributed by atoms with van der Waals surface area (Å²) in [5.41, 5.74) is 1.87. The fourth-order valence-electron chi connectivity index (χ4n) is 2.32. The SMILES string of the molecule is CN=C(NCc1ccc2c(c1)OCO2)NCc1cc(F)ccc1Br.I. The molecule has 0 fully saturated rings. The van der Waals surface area contributed by atoms with E-state index in [9.17, 15) is 4.39 Å². The van der Waals surface area contributed by atoms with Crippen LogP contribution in [-0.2, 0) is 13.1 Å². The lowest BCUT2D eigenvalue weighted by Gasteiger charge is -2.13. The molecular formula is C17H18BrFIN3O2. The fourth-order valence-corrected chi connectivity index (χ4v) is 2.70. The average Bonchev–Trinajstić information content (AvgIpc) is 3.05. The number of guanidine groups is 1. The smallest absolute Gasteiger partial charge is 0.231 e. The highest BCUT2D eigenvalue weighted by Crippen LogP contribution is 2.32. The molecule has 2 N–H and O–H groups in total. The quantitative estimate of drug-likeness (QED) is 0.365. The van der Waals surface area contributed by atoms with Gasteiger partial charge in [-0.1, -0.05) is 22.0 Å². The number of halogens is 3. The summed E-state index contributed by atoms with van der Waals surface area (Å²) in [6.45, 7) is 1.30. The van der Waals surface area contributed by atoms with Gasteiger partial charge in [0, 0.05) is 24.6 Å². The van der Waals surface area contributed by atoms with Crippen LogP contribution >= 0.6 is 39.9 Å². The van der Waals surface area contributed by atoms with E-state index in [2.05, 4.69) is 31.6 Å². The van der Waals surface area contributed by atoms with E-state index >= 15 is 0 Å². The first-order valence-electron chi connectivity index (χ1n) is 7.42. The number of fused-ring (bicyclic) bond motifs is 1. The van der Waals surface area contributed by atoms with Crippen LogP contribution in [0.5, 0.6) is 11.5 Å². The summed E-state index contributed by atoms with van der Waals surface area (Å²) in [4.78, 5) is 4.17. The van der Waals surface area contributed by atoms with Crippen LogP contribution in [0.15, 0.2) is 45.9 Å². The van der Waals surface area contributed by atoms with Gasteiger partial charge in [-0.05, 0) is 41.5 Å². The molecule has 134 valence electrons. The molecule has 2 aromatic rings. The standard InChI is InChI=1S/C17H17BrFN3O2.HI/c1-20-17(22-9-12-7-13(19)3-4-14(12)18)21-8-11-2-5-15-16(6-11)24-10-23-15;/h2-7H,8-10H2,1H3,(H2,20,21,22);1H. The summed E-state index contributed by atoms with van der Waals surface area (Å²) in [7, 11) is 1.69. The lowest BCUT2D eigenvalue weighted by molar-refractivity contribution is 0.174. The predicted molar refractivity (Wildman–Crippen MR) is 109 cm³/mol. The van der Waals surface area contributed by atoms with Crippen LogP contribution in [0.3, 0.4) is 0 Å². The third kappa shape index (κ3) is 5.21. The number of hydrogen-bond acceptors (Lipinski definition) is 3. The van der Waals surface area contributed by atoms with Crippen LogP contribution in [0, 0.1) is 5.82 Å². The molecule has 0 saturated carbocycles. The first-order chi connectivity index (χ1) is 11.7. The molecule has 0 spiro atoms. The zero-order chi connectivity index (χ0) is 16.9. The molecule has 25 heavy (non-hydrogen) atoms. The highest BCUT2D eigenvalue weighted by molar-refractivity contribution is 14.0. The van der Waals surface area contributed by atoms with Gasteiger partial charge in [-0.2, -0.15) is 0 Å². The number of aliphatic imine (C=N–C) groups is 1. The maximum atomic E-state index is 13.3. The molecule has 1 aliphatic rings. The molecule has 0 aromatic heterocycles. The highest BCUT2D eigenvalue weighted by atomic mass is 127. The topological polar surface area (TPSA) is 54.9 Å². The van der Waals surface area contributed by atoms with Crippen molar-refractivity contribution in [2.45, 2.75) is 13.1 Å². The lowest BCUT2D eigenvalue weighted by Crippen LogP contribution is -2.36. The van der Waals surface area contributed by atoms with Gasteiger partial charge in [0.1, 0.15) is 5.82 Å². The Morgan fingerprint density at radius 2 is 1.88 bits per heavy atom. The van der Waals surface area contributed by atoms with Crippen LogP contribution in [0.2, 0.25) is 0 Å². The molecule has 5 nitrogen and oxygen atoms in total. The number of nitrogens with one attached hydrogen (secondary N) is 2. The average molecular weight is 522 g/mol. The zero-order valence-electron chi connectivity index (χ0n) is 13.5. The molecule has 0 unspecified atom stereocenters. The van der Waals surface area contributed by atoms with E-state index < -0.39 is 0 Å². The van der Waals surface area contributed by atoms with Gasteiger partial charge in [-0.25, -0.2) is 4.39 Å². The fraction of sp³-hybridized carbons (Fsp3) is 0.235. The Morgan fingerprint density at radius 1 is 1.12 bits per heavy atom. The van der Waals surface area contributed by atoms with Crippen molar-refractivity contribution in [3.8, 4) is 11.5 Å². The molecule has 0 aliphatic carbocycles. The number of nitrogens with zero attached hydrogens (tertiary/aromatic N) is 1. The summed E-state index contributed by atoms with van der Waals surface area (Å²) < 4.78 is 24.8. The summed E-state index contributed by atoms with van der Waals surface area (Å²) >= 11 is 3.41. The Labute approximate surface area is 171 Å². The van der Waals surface area contributed by atoms with Crippen molar-refractivity contribution in [3.05, 3.63) is 57.8 Å². The van der Waals surface area contributed by atoms with Crippen LogP contribution < -0.4 is 20.1 Å². The Morgan fingerprint density at radius 3 is 2.68 bits per heavy atom. The minimum Gasteiger partial charge on any atom is -0.454 e. The first kappa shape index (κ1) is 19.8. The van der Waals surface area contributed by atoms with Crippen molar-refractivity contribution in [1.29, 1.82) is 0 Å². The third-order valence-electron chi connectivity index (χ3n) is 3.57. The second-order valence-electron chi connectivity index (χ2n) is 5.20. The maximum absolute atomic E-state index is 13.3. The molecule has 0 bridgehead atoms. The minimum absolute atomic E-state index is 0. The molecule has 1 heterocycles. The van der Waals surface area contributed by atoms with Crippen molar-refractivity contribution in [3.63, 3.8) is 0 Å². The normalized spacial score (nSPS) is 12.5. The van der Waals surface area contributed by atoms with Crippen molar-refractivity contribution in [2.75, 3.05) is 13.8 Å². The van der Waals surface area contributed by atoms with Gasteiger partial charge in [0.05, 0.1) is 0 Å². The monoisotopic (exact) mass is 521 g/mol. The van der Waals surface area contributed by atoms with Gasteiger partial charge < -0.3 is 20.1 Å². The molecule has 2 aromatic carbocycles. The Balaban J connectivity index is 0.00000225. The van der Waals surface area contributed by atoms with Crippen LogP contribution in [0.25, 0.3) is 0 Å². The Kier molecular flexibility index (Phi) is 7.30. The van der Waals surface area contributed by atoms with Gasteiger partial charge in [0.25, 0.3) is 0 Å². The summed E-state index contributed by atoms with van der Waals surface area (Å²) in [6, 6.07) is 10.4. The van der Waals surface area contributed by atoms with E-state index in [4.69, 9.17) is 9.47 Å². The molecule has 3 rings (SSSR count). The molecule has 8 heteroatoms. The number of rotatable bonds is 4. The van der Waals surface area contributed by atoms with Crippen molar-refractivity contribution < 1.29 is 13.9 Å². The Hall–Kier alpha value is -1.55. The van der Waals surface area contributed by atoms with Crippen LogP contribution in [-0.4, -0.2) is 19.8 Å². The van der Waals surface area contributed by atoms with Crippen molar-refractivity contribution in [2.24, 2.45) is 4.99 Å². The molecule has 0 radical (unpaired) electrons. The second kappa shape index (κ2) is 9.23. The number of ether oxygens (including phenoxy) is 2. The molecule has 0 saturated heterocycles. The summed E-state index contributed by atoms with van der Waals surface area (Å²) in [5.74, 6) is 1.88. The largest absolute Gasteiger partial charge is 0.454 e. The lowest BCUT2D eigenvalue weighted by atomic mass is 10.2. The first-order valence-corrected chi connectivity index (χ1v) is 8.22. The third-order valence-corrected chi connectivity index (χ3v) is 4.35. The van der Waals surface area contributed by atoms with Gasteiger partial charge in [-0.3, -0.25) is 4.99 Å². The molecule has 1 aliphatic heterocycles. The summed E-state index contributed by atoms with van der Waals surface area (Å²) in [5, 5.41) is 6.38. The van der Waals surface area contributed by atoms with Gasteiger partial charge in [-0.15, -0.1) is 24.0 Å². The van der Waals surface area contributed by atoms with E-state index in [0.717, 1.165) is 27.1 Å². The molecular weight excluding hydrogens is 504 g/mol. The van der Waals surface area contributed by atoms with Crippen LogP contribution in [0.1, 0.15) is 11.1 Å². The van der Waals surface area contributed by atoms with E-state index in [0.29, 0.717) is 19.0 Å². The number of hydrogen-bond donors (Lipinski definition) is 2. The maximum Gasteiger partial charge on any atom is 0.231 e. The predicted octanol–water partition coefficient (Wildman–Crippen LogP) is 3.80. The summed E-state index contributed by atoms with van der Waals surface area (Å²) in [6.07, 6.45) is 0. The van der Waals surface area contributed by atoms with E-state index in [1.807, 2.05) is 18.2 Å². The highest BCUT2D eigenvalue weighted by Gasteiger charge is 2.13. The molecule has 0 atom stereocenters. The Bertz CT molecular complexity index is 774. The minimum atomic E-state index is -0.265. The van der Waals surface area contributed by atoms with Gasteiger partial charge >= 0.3 is 0 Å². The van der Waals surface area contributed by atoms with E-state index in [1.54, 1.807) is 13.1 Å². The number of benzene rings is 2. The van der Waals surface area contributed by atoms with E-state index in [-0.39, 0.29) is 36.6 Å². The second-order valence-corrected chi connectivity index (χ2v) is 6.06.